The number of rotatable bonds is 3. The van der Waals surface area contributed by atoms with Crippen molar-refractivity contribution in [2.24, 2.45) is 0 Å². The number of nitrogens with zero attached hydrogens (tertiary/aromatic N) is 2. The average Bonchev–Trinajstić information content (AvgIpc) is 2.65. The standard InChI is InChI=1S/C10H15N3O/c1-10(4-2-6-14-10)7-12-9-3-5-11-8-13-9/h3,5,8H,2,4,6-7H2,1H3,(H,11,12,13). The number of anilines is 1. The van der Waals surface area contributed by atoms with Crippen LogP contribution in [0.3, 0.4) is 0 Å². The summed E-state index contributed by atoms with van der Waals surface area (Å²) in [7, 11) is 0. The smallest absolute Gasteiger partial charge is 0.129 e. The second-order valence-corrected chi connectivity index (χ2v) is 3.85. The van der Waals surface area contributed by atoms with Gasteiger partial charge in [0.25, 0.3) is 0 Å². The molecule has 0 aromatic carbocycles. The Hall–Kier alpha value is -1.16. The molecule has 4 nitrogen and oxygen atoms in total. The van der Waals surface area contributed by atoms with Crippen LogP contribution in [0.2, 0.25) is 0 Å². The Bertz CT molecular complexity index is 283. The fraction of sp³-hybridized carbons (Fsp3) is 0.600. The number of aromatic nitrogens is 2. The van der Waals surface area contributed by atoms with Crippen LogP contribution in [-0.2, 0) is 4.74 Å². The zero-order valence-corrected chi connectivity index (χ0v) is 8.36. The van der Waals surface area contributed by atoms with Gasteiger partial charge in [-0.1, -0.05) is 0 Å². The van der Waals surface area contributed by atoms with Gasteiger partial charge >= 0.3 is 0 Å². The van der Waals surface area contributed by atoms with E-state index in [9.17, 15) is 0 Å². The predicted molar refractivity (Wildman–Crippen MR) is 54.1 cm³/mol. The fourth-order valence-electron chi connectivity index (χ4n) is 1.65. The molecule has 1 atom stereocenters. The average molecular weight is 193 g/mol. The van der Waals surface area contributed by atoms with E-state index in [4.69, 9.17) is 4.74 Å². The van der Waals surface area contributed by atoms with E-state index < -0.39 is 0 Å². The molecule has 0 bridgehead atoms. The molecule has 1 aliphatic rings. The lowest BCUT2D eigenvalue weighted by molar-refractivity contribution is 0.0315. The Balaban J connectivity index is 1.88. The molecule has 1 saturated heterocycles. The Labute approximate surface area is 83.7 Å². The van der Waals surface area contributed by atoms with E-state index >= 15 is 0 Å². The van der Waals surface area contributed by atoms with Crippen molar-refractivity contribution in [3.05, 3.63) is 18.6 Å². The van der Waals surface area contributed by atoms with Gasteiger partial charge < -0.3 is 10.1 Å². The summed E-state index contributed by atoms with van der Waals surface area (Å²) >= 11 is 0. The van der Waals surface area contributed by atoms with Gasteiger partial charge in [-0.2, -0.15) is 0 Å². The second kappa shape index (κ2) is 3.92. The second-order valence-electron chi connectivity index (χ2n) is 3.85. The van der Waals surface area contributed by atoms with Gasteiger partial charge in [0, 0.05) is 19.3 Å². The van der Waals surface area contributed by atoms with Gasteiger partial charge in [0.05, 0.1) is 5.60 Å². The van der Waals surface area contributed by atoms with Gasteiger partial charge in [-0.05, 0) is 25.8 Å². The van der Waals surface area contributed by atoms with Crippen molar-refractivity contribution >= 4 is 5.82 Å². The first-order valence-electron chi connectivity index (χ1n) is 4.92. The summed E-state index contributed by atoms with van der Waals surface area (Å²) in [6.07, 6.45) is 5.54. The number of nitrogens with one attached hydrogen (secondary N) is 1. The quantitative estimate of drug-likeness (QED) is 0.789. The molecule has 0 saturated carbocycles. The van der Waals surface area contributed by atoms with Crippen molar-refractivity contribution in [3.8, 4) is 0 Å². The highest BCUT2D eigenvalue weighted by Gasteiger charge is 2.29. The van der Waals surface area contributed by atoms with Crippen LogP contribution in [0.5, 0.6) is 0 Å². The minimum atomic E-state index is -0.0229. The first kappa shape index (κ1) is 9.40. The van der Waals surface area contributed by atoms with Crippen molar-refractivity contribution in [1.82, 2.24) is 9.97 Å². The molecule has 2 rings (SSSR count). The maximum absolute atomic E-state index is 5.66. The monoisotopic (exact) mass is 193 g/mol. The van der Waals surface area contributed by atoms with Crippen LogP contribution in [0.25, 0.3) is 0 Å². The predicted octanol–water partition coefficient (Wildman–Crippen LogP) is 1.46. The Morgan fingerprint density at radius 3 is 3.21 bits per heavy atom. The van der Waals surface area contributed by atoms with Gasteiger partial charge in [-0.15, -0.1) is 0 Å². The SMILES string of the molecule is CC1(CNc2ccncn2)CCCO1. The lowest BCUT2D eigenvalue weighted by Gasteiger charge is -2.23. The molecule has 1 N–H and O–H groups in total. The van der Waals surface area contributed by atoms with Crippen LogP contribution in [0, 0.1) is 0 Å². The third-order valence-corrected chi connectivity index (χ3v) is 2.53. The topological polar surface area (TPSA) is 47.0 Å². The first-order chi connectivity index (χ1) is 6.79. The zero-order valence-electron chi connectivity index (χ0n) is 8.36. The summed E-state index contributed by atoms with van der Waals surface area (Å²) in [6.45, 7) is 3.82. The maximum Gasteiger partial charge on any atom is 0.129 e. The molecule has 0 spiro atoms. The third-order valence-electron chi connectivity index (χ3n) is 2.53. The van der Waals surface area contributed by atoms with Crippen LogP contribution in [0.4, 0.5) is 5.82 Å². The largest absolute Gasteiger partial charge is 0.373 e. The van der Waals surface area contributed by atoms with E-state index in [1.165, 1.54) is 0 Å². The van der Waals surface area contributed by atoms with Crippen LogP contribution in [0.15, 0.2) is 18.6 Å². The Kier molecular flexibility index (Phi) is 2.63. The molecule has 0 radical (unpaired) electrons. The fourth-order valence-corrected chi connectivity index (χ4v) is 1.65. The Morgan fingerprint density at radius 2 is 2.57 bits per heavy atom. The minimum absolute atomic E-state index is 0.0229. The molecule has 1 aliphatic heterocycles. The van der Waals surface area contributed by atoms with Gasteiger partial charge in [0.15, 0.2) is 0 Å². The molecule has 1 aromatic rings. The molecule has 1 aromatic heterocycles. The van der Waals surface area contributed by atoms with Crippen molar-refractivity contribution < 1.29 is 4.74 Å². The number of hydrogen-bond donors (Lipinski definition) is 1. The summed E-state index contributed by atoms with van der Waals surface area (Å²) in [4.78, 5) is 7.95. The molecule has 2 heterocycles. The van der Waals surface area contributed by atoms with Gasteiger partial charge in [0.2, 0.25) is 0 Å². The number of hydrogen-bond acceptors (Lipinski definition) is 4. The molecule has 1 fully saturated rings. The van der Waals surface area contributed by atoms with Crippen molar-refractivity contribution in [2.45, 2.75) is 25.4 Å². The summed E-state index contributed by atoms with van der Waals surface area (Å²) < 4.78 is 5.66. The van der Waals surface area contributed by atoms with Gasteiger partial charge in [-0.3, -0.25) is 0 Å². The molecular weight excluding hydrogens is 178 g/mol. The van der Waals surface area contributed by atoms with Crippen LogP contribution in [-0.4, -0.2) is 28.7 Å². The van der Waals surface area contributed by atoms with E-state index in [1.807, 2.05) is 6.07 Å². The molecule has 76 valence electrons. The maximum atomic E-state index is 5.66. The molecule has 1 unspecified atom stereocenters. The van der Waals surface area contributed by atoms with Crippen LogP contribution >= 0.6 is 0 Å². The third kappa shape index (κ3) is 2.20. The van der Waals surface area contributed by atoms with E-state index in [-0.39, 0.29) is 5.60 Å². The van der Waals surface area contributed by atoms with Crippen molar-refractivity contribution in [3.63, 3.8) is 0 Å². The molecule has 4 heteroatoms. The lowest BCUT2D eigenvalue weighted by Crippen LogP contribution is -2.32. The normalized spacial score (nSPS) is 26.4. The highest BCUT2D eigenvalue weighted by Crippen LogP contribution is 2.24. The lowest BCUT2D eigenvalue weighted by atomic mass is 10.0. The number of ether oxygens (including phenoxy) is 1. The molecular formula is C10H15N3O. The van der Waals surface area contributed by atoms with E-state index in [2.05, 4.69) is 22.2 Å². The zero-order chi connectivity index (χ0) is 9.86. The van der Waals surface area contributed by atoms with Crippen LogP contribution in [0.1, 0.15) is 19.8 Å². The van der Waals surface area contributed by atoms with Crippen molar-refractivity contribution in [1.29, 1.82) is 0 Å². The summed E-state index contributed by atoms with van der Waals surface area (Å²) in [6, 6.07) is 1.86. The van der Waals surface area contributed by atoms with E-state index in [1.54, 1.807) is 12.5 Å². The summed E-state index contributed by atoms with van der Waals surface area (Å²) in [5.74, 6) is 0.858. The Morgan fingerprint density at radius 1 is 1.64 bits per heavy atom. The van der Waals surface area contributed by atoms with E-state index in [0.717, 1.165) is 31.8 Å². The first-order valence-corrected chi connectivity index (χ1v) is 4.92. The minimum Gasteiger partial charge on any atom is -0.373 e. The summed E-state index contributed by atoms with van der Waals surface area (Å²) in [5, 5.41) is 3.25. The van der Waals surface area contributed by atoms with Crippen LogP contribution < -0.4 is 5.32 Å². The highest BCUT2D eigenvalue weighted by molar-refractivity contribution is 5.32. The molecule has 14 heavy (non-hydrogen) atoms. The highest BCUT2D eigenvalue weighted by atomic mass is 16.5. The summed E-state index contributed by atoms with van der Waals surface area (Å²) in [5.41, 5.74) is -0.0229. The van der Waals surface area contributed by atoms with Crippen molar-refractivity contribution in [2.75, 3.05) is 18.5 Å². The molecule has 0 amide bonds. The molecule has 0 aliphatic carbocycles. The van der Waals surface area contributed by atoms with E-state index in [0.29, 0.717) is 0 Å². The van der Waals surface area contributed by atoms with Gasteiger partial charge in [-0.25, -0.2) is 9.97 Å². The van der Waals surface area contributed by atoms with Gasteiger partial charge in [0.1, 0.15) is 12.1 Å².